The van der Waals surface area contributed by atoms with Gasteiger partial charge < -0.3 is 5.11 Å². The summed E-state index contributed by atoms with van der Waals surface area (Å²) in [4.78, 5) is 10.4. The predicted octanol–water partition coefficient (Wildman–Crippen LogP) is 3.05. The Balaban J connectivity index is 1.86. The lowest BCUT2D eigenvalue weighted by molar-refractivity contribution is -0.137. The monoisotopic (exact) mass is 218 g/mol. The lowest BCUT2D eigenvalue weighted by atomic mass is 9.81. The number of carboxylic acid groups (broad SMARTS) is 1. The maximum absolute atomic E-state index is 10.4. The van der Waals surface area contributed by atoms with E-state index in [-0.39, 0.29) is 0 Å². The first-order valence-corrected chi connectivity index (χ1v) is 6.04. The van der Waals surface area contributed by atoms with Gasteiger partial charge in [0.05, 0.1) is 0 Å². The highest BCUT2D eigenvalue weighted by atomic mass is 16.4. The molecule has 1 aromatic carbocycles. The van der Waals surface area contributed by atoms with Crippen molar-refractivity contribution in [3.63, 3.8) is 0 Å². The molecule has 0 aliphatic heterocycles. The van der Waals surface area contributed by atoms with E-state index in [1.54, 1.807) is 0 Å². The van der Waals surface area contributed by atoms with E-state index in [1.165, 1.54) is 17.5 Å². The quantitative estimate of drug-likeness (QED) is 0.843. The van der Waals surface area contributed by atoms with Gasteiger partial charge in [-0.2, -0.15) is 0 Å². The number of hydrogen-bond donors (Lipinski definition) is 1. The third kappa shape index (κ3) is 2.84. The van der Waals surface area contributed by atoms with Crippen molar-refractivity contribution >= 4 is 5.97 Å². The number of aryl methyl sites for hydroxylation is 1. The summed E-state index contributed by atoms with van der Waals surface area (Å²) < 4.78 is 0. The molecule has 2 rings (SSSR count). The normalized spacial score (nSPS) is 19.1. The molecular weight excluding hydrogens is 200 g/mol. The first kappa shape index (κ1) is 11.2. The van der Waals surface area contributed by atoms with E-state index in [4.69, 9.17) is 5.11 Å². The van der Waals surface area contributed by atoms with Crippen LogP contribution in [0.25, 0.3) is 0 Å². The molecule has 0 aromatic heterocycles. The van der Waals surface area contributed by atoms with Crippen LogP contribution in [0.4, 0.5) is 0 Å². The average molecular weight is 218 g/mol. The Labute approximate surface area is 96.3 Å². The van der Waals surface area contributed by atoms with Crippen LogP contribution >= 0.6 is 0 Å². The standard InChI is InChI=1S/C14H18O2/c15-14(16)7-3-4-11-8-9-12-5-1-2-6-13(12)10-11/h1-2,5-6,11H,3-4,7-10H2,(H,15,16)/t11-/m1/s1. The molecule has 1 aliphatic rings. The van der Waals surface area contributed by atoms with Crippen molar-refractivity contribution in [2.75, 3.05) is 0 Å². The Morgan fingerprint density at radius 3 is 2.81 bits per heavy atom. The highest BCUT2D eigenvalue weighted by molar-refractivity contribution is 5.66. The summed E-state index contributed by atoms with van der Waals surface area (Å²) in [6.07, 6.45) is 5.71. The average Bonchev–Trinajstić information content (AvgIpc) is 2.28. The second-order valence-electron chi connectivity index (χ2n) is 4.66. The minimum Gasteiger partial charge on any atom is -0.481 e. The Hall–Kier alpha value is -1.31. The number of fused-ring (bicyclic) bond motifs is 1. The van der Waals surface area contributed by atoms with Crippen LogP contribution in [0.15, 0.2) is 24.3 Å². The van der Waals surface area contributed by atoms with Crippen LogP contribution in [0, 0.1) is 5.92 Å². The predicted molar refractivity (Wildman–Crippen MR) is 63.4 cm³/mol. The molecule has 16 heavy (non-hydrogen) atoms. The zero-order valence-electron chi connectivity index (χ0n) is 9.48. The summed E-state index contributed by atoms with van der Waals surface area (Å²) in [7, 11) is 0. The molecule has 86 valence electrons. The van der Waals surface area contributed by atoms with Gasteiger partial charge in [-0.3, -0.25) is 4.79 Å². The second-order valence-corrected chi connectivity index (χ2v) is 4.66. The molecule has 2 nitrogen and oxygen atoms in total. The molecule has 0 fully saturated rings. The fourth-order valence-electron chi connectivity index (χ4n) is 2.56. The first-order valence-electron chi connectivity index (χ1n) is 6.04. The van der Waals surface area contributed by atoms with Crippen molar-refractivity contribution in [1.82, 2.24) is 0 Å². The van der Waals surface area contributed by atoms with Crippen LogP contribution in [0.2, 0.25) is 0 Å². The van der Waals surface area contributed by atoms with E-state index in [1.807, 2.05) is 0 Å². The second kappa shape index (κ2) is 5.15. The molecule has 0 heterocycles. The van der Waals surface area contributed by atoms with E-state index in [2.05, 4.69) is 24.3 Å². The highest BCUT2D eigenvalue weighted by Gasteiger charge is 2.17. The van der Waals surface area contributed by atoms with Crippen molar-refractivity contribution in [2.24, 2.45) is 5.92 Å². The van der Waals surface area contributed by atoms with Crippen molar-refractivity contribution < 1.29 is 9.90 Å². The first-order chi connectivity index (χ1) is 7.75. The van der Waals surface area contributed by atoms with Gasteiger partial charge in [-0.05, 0) is 49.1 Å². The summed E-state index contributed by atoms with van der Waals surface area (Å²) >= 11 is 0. The summed E-state index contributed by atoms with van der Waals surface area (Å²) in [6, 6.07) is 8.61. The zero-order chi connectivity index (χ0) is 11.4. The highest BCUT2D eigenvalue weighted by Crippen LogP contribution is 2.28. The SMILES string of the molecule is O=C(O)CCC[C@@H]1CCc2ccccc2C1. The smallest absolute Gasteiger partial charge is 0.303 e. The molecule has 0 radical (unpaired) electrons. The van der Waals surface area contributed by atoms with E-state index in [0.717, 1.165) is 25.7 Å². The molecule has 0 amide bonds. The fourth-order valence-corrected chi connectivity index (χ4v) is 2.56. The van der Waals surface area contributed by atoms with E-state index < -0.39 is 5.97 Å². The molecule has 1 aromatic rings. The van der Waals surface area contributed by atoms with Gasteiger partial charge in [0.2, 0.25) is 0 Å². The van der Waals surface area contributed by atoms with E-state index in [0.29, 0.717) is 12.3 Å². The van der Waals surface area contributed by atoms with Gasteiger partial charge in [0.1, 0.15) is 0 Å². The van der Waals surface area contributed by atoms with Crippen molar-refractivity contribution in [1.29, 1.82) is 0 Å². The fraction of sp³-hybridized carbons (Fsp3) is 0.500. The molecule has 1 atom stereocenters. The van der Waals surface area contributed by atoms with Crippen LogP contribution in [0.3, 0.4) is 0 Å². The molecule has 0 unspecified atom stereocenters. The van der Waals surface area contributed by atoms with Gasteiger partial charge in [-0.1, -0.05) is 24.3 Å². The Morgan fingerprint density at radius 2 is 2.06 bits per heavy atom. The lowest BCUT2D eigenvalue weighted by Crippen LogP contribution is -2.14. The summed E-state index contributed by atoms with van der Waals surface area (Å²) in [5.74, 6) is 0.0189. The lowest BCUT2D eigenvalue weighted by Gasteiger charge is -2.24. The minimum absolute atomic E-state index is 0.318. The van der Waals surface area contributed by atoms with Crippen LogP contribution < -0.4 is 0 Å². The molecule has 0 saturated carbocycles. The molecule has 1 aliphatic carbocycles. The molecule has 0 bridgehead atoms. The molecular formula is C14H18O2. The Morgan fingerprint density at radius 1 is 1.31 bits per heavy atom. The molecule has 1 N–H and O–H groups in total. The molecule has 0 saturated heterocycles. The van der Waals surface area contributed by atoms with Gasteiger partial charge in [0.25, 0.3) is 0 Å². The number of benzene rings is 1. The van der Waals surface area contributed by atoms with Gasteiger partial charge in [0.15, 0.2) is 0 Å². The zero-order valence-corrected chi connectivity index (χ0v) is 9.48. The minimum atomic E-state index is -0.670. The summed E-state index contributed by atoms with van der Waals surface area (Å²) in [6.45, 7) is 0. The van der Waals surface area contributed by atoms with Gasteiger partial charge in [-0.15, -0.1) is 0 Å². The van der Waals surface area contributed by atoms with Crippen LogP contribution in [-0.4, -0.2) is 11.1 Å². The maximum atomic E-state index is 10.4. The summed E-state index contributed by atoms with van der Waals surface area (Å²) in [5, 5.41) is 8.60. The third-order valence-corrected chi connectivity index (χ3v) is 3.45. The topological polar surface area (TPSA) is 37.3 Å². The van der Waals surface area contributed by atoms with E-state index in [9.17, 15) is 4.79 Å². The number of carboxylic acids is 1. The molecule has 0 spiro atoms. The summed E-state index contributed by atoms with van der Waals surface area (Å²) in [5.41, 5.74) is 2.95. The van der Waals surface area contributed by atoms with Crippen LogP contribution in [0.1, 0.15) is 36.8 Å². The Bertz CT molecular complexity index is 371. The van der Waals surface area contributed by atoms with Crippen LogP contribution in [0.5, 0.6) is 0 Å². The van der Waals surface area contributed by atoms with Crippen LogP contribution in [-0.2, 0) is 17.6 Å². The maximum Gasteiger partial charge on any atom is 0.303 e. The van der Waals surface area contributed by atoms with Gasteiger partial charge in [-0.25, -0.2) is 0 Å². The number of hydrogen-bond acceptors (Lipinski definition) is 1. The number of rotatable bonds is 4. The van der Waals surface area contributed by atoms with E-state index >= 15 is 0 Å². The third-order valence-electron chi connectivity index (χ3n) is 3.45. The van der Waals surface area contributed by atoms with Crippen molar-refractivity contribution in [3.05, 3.63) is 35.4 Å². The number of aliphatic carboxylic acids is 1. The van der Waals surface area contributed by atoms with Gasteiger partial charge >= 0.3 is 5.97 Å². The van der Waals surface area contributed by atoms with Crippen molar-refractivity contribution in [3.8, 4) is 0 Å². The van der Waals surface area contributed by atoms with Gasteiger partial charge in [0, 0.05) is 6.42 Å². The molecule has 2 heteroatoms. The van der Waals surface area contributed by atoms with Crippen molar-refractivity contribution in [2.45, 2.75) is 38.5 Å². The largest absolute Gasteiger partial charge is 0.481 e. The Kier molecular flexibility index (Phi) is 3.60. The number of carbonyl (C=O) groups is 1.